The Kier molecular flexibility index (Phi) is 4.43. The number of aromatic amines is 1. The van der Waals surface area contributed by atoms with Gasteiger partial charge in [0.2, 0.25) is 11.8 Å². The van der Waals surface area contributed by atoms with Crippen molar-refractivity contribution in [3.63, 3.8) is 0 Å². The fraction of sp³-hybridized carbons (Fsp3) is 0.333. The van der Waals surface area contributed by atoms with Gasteiger partial charge < -0.3 is 15.2 Å². The second-order valence-electron chi connectivity index (χ2n) is 5.60. The van der Waals surface area contributed by atoms with Crippen LogP contribution in [0.2, 0.25) is 0 Å². The largest absolute Gasteiger partial charge is 0.494 e. The average Bonchev–Trinajstić information content (AvgIpc) is 2.97. The number of benzene rings is 1. The molecule has 2 heterocycles. The molecule has 3 rings (SSSR count). The number of aromatic nitrogens is 2. The summed E-state index contributed by atoms with van der Waals surface area (Å²) in [6.45, 7) is 4.65. The molecule has 0 unspecified atom stereocenters. The van der Waals surface area contributed by atoms with Crippen molar-refractivity contribution in [2.24, 2.45) is 5.73 Å². The molecule has 3 N–H and O–H groups in total. The van der Waals surface area contributed by atoms with Gasteiger partial charge >= 0.3 is 0 Å². The highest BCUT2D eigenvalue weighted by Gasteiger charge is 2.34. The first kappa shape index (κ1) is 15.9. The van der Waals surface area contributed by atoms with Gasteiger partial charge in [-0.15, -0.1) is 5.10 Å². The summed E-state index contributed by atoms with van der Waals surface area (Å²) in [4.78, 5) is 0. The average molecular weight is 324 g/mol. The Morgan fingerprint density at radius 3 is 2.71 bits per heavy atom. The summed E-state index contributed by atoms with van der Waals surface area (Å²) in [7, 11) is 0. The number of H-pyrrole nitrogens is 1. The van der Waals surface area contributed by atoms with Gasteiger partial charge in [-0.3, -0.25) is 5.10 Å². The number of rotatable bonds is 5. The van der Waals surface area contributed by atoms with E-state index in [4.69, 9.17) is 15.2 Å². The Bertz CT molecular complexity index is 799. The van der Waals surface area contributed by atoms with E-state index in [0.717, 1.165) is 35.4 Å². The molecule has 1 aliphatic heterocycles. The van der Waals surface area contributed by atoms with Crippen LogP contribution in [0.5, 0.6) is 11.6 Å². The number of hydrogen-bond acceptors (Lipinski definition) is 5. The van der Waals surface area contributed by atoms with E-state index in [2.05, 4.69) is 23.2 Å². The lowest BCUT2D eigenvalue weighted by Crippen LogP contribution is -2.21. The SMILES string of the molecule is CCCc1[nH]nc2c1[C@H](c1ccc(OCC)cc1)C(C#N)=C(N)O2. The summed E-state index contributed by atoms with van der Waals surface area (Å²) in [6.07, 6.45) is 1.80. The Hall–Kier alpha value is -2.94. The van der Waals surface area contributed by atoms with Gasteiger partial charge in [-0.1, -0.05) is 25.5 Å². The van der Waals surface area contributed by atoms with Crippen LogP contribution < -0.4 is 15.2 Å². The predicted octanol–water partition coefficient (Wildman–Crippen LogP) is 2.98. The highest BCUT2D eigenvalue weighted by molar-refractivity contribution is 5.55. The topological polar surface area (TPSA) is 97.0 Å². The van der Waals surface area contributed by atoms with Crippen LogP contribution in [0.15, 0.2) is 35.7 Å². The lowest BCUT2D eigenvalue weighted by atomic mass is 9.83. The maximum Gasteiger partial charge on any atom is 0.244 e. The first-order valence-electron chi connectivity index (χ1n) is 8.07. The van der Waals surface area contributed by atoms with Crippen LogP contribution in [0, 0.1) is 11.3 Å². The van der Waals surface area contributed by atoms with Crippen molar-refractivity contribution in [1.29, 1.82) is 5.26 Å². The molecule has 0 radical (unpaired) electrons. The minimum atomic E-state index is -0.283. The third-order valence-corrected chi connectivity index (χ3v) is 4.04. The standard InChI is InChI=1S/C18H20N4O2/c1-3-5-14-16-15(11-6-8-12(9-7-11)23-4-2)13(10-19)17(20)24-18(16)22-21-14/h6-9,15H,3-5,20H2,1-2H3,(H,21,22)/t15-/m1/s1. The molecular formula is C18H20N4O2. The Balaban J connectivity index is 2.10. The molecule has 0 fully saturated rings. The zero-order valence-corrected chi connectivity index (χ0v) is 13.8. The molecule has 1 atom stereocenters. The molecule has 6 heteroatoms. The second-order valence-corrected chi connectivity index (χ2v) is 5.60. The summed E-state index contributed by atoms with van der Waals surface area (Å²) in [5.41, 5.74) is 9.19. The van der Waals surface area contributed by atoms with Crippen molar-refractivity contribution in [2.75, 3.05) is 6.61 Å². The quantitative estimate of drug-likeness (QED) is 0.881. The monoisotopic (exact) mass is 324 g/mol. The van der Waals surface area contributed by atoms with Crippen molar-refractivity contribution < 1.29 is 9.47 Å². The molecule has 1 aliphatic rings. The van der Waals surface area contributed by atoms with Crippen molar-refractivity contribution in [3.8, 4) is 17.7 Å². The number of nitriles is 1. The summed E-state index contributed by atoms with van der Waals surface area (Å²) in [6, 6.07) is 9.91. The first-order chi connectivity index (χ1) is 11.7. The summed E-state index contributed by atoms with van der Waals surface area (Å²) < 4.78 is 11.0. The molecular weight excluding hydrogens is 304 g/mol. The highest BCUT2D eigenvalue weighted by Crippen LogP contribution is 2.43. The van der Waals surface area contributed by atoms with Crippen molar-refractivity contribution in [2.45, 2.75) is 32.6 Å². The molecule has 1 aromatic heterocycles. The van der Waals surface area contributed by atoms with E-state index in [-0.39, 0.29) is 11.8 Å². The zero-order valence-electron chi connectivity index (χ0n) is 13.8. The number of hydrogen-bond donors (Lipinski definition) is 2. The van der Waals surface area contributed by atoms with Gasteiger partial charge in [0.15, 0.2) is 0 Å². The number of nitrogens with two attached hydrogens (primary N) is 1. The van der Waals surface area contributed by atoms with Crippen LogP contribution in [0.3, 0.4) is 0 Å². The molecule has 24 heavy (non-hydrogen) atoms. The third-order valence-electron chi connectivity index (χ3n) is 4.04. The smallest absolute Gasteiger partial charge is 0.244 e. The van der Waals surface area contributed by atoms with E-state index in [0.29, 0.717) is 18.1 Å². The number of nitrogens with one attached hydrogen (secondary N) is 1. The molecule has 0 saturated heterocycles. The molecule has 0 saturated carbocycles. The maximum absolute atomic E-state index is 9.59. The lowest BCUT2D eigenvalue weighted by molar-refractivity contribution is 0.340. The van der Waals surface area contributed by atoms with E-state index in [1.807, 2.05) is 31.2 Å². The molecule has 0 amide bonds. The van der Waals surface area contributed by atoms with E-state index < -0.39 is 0 Å². The highest BCUT2D eigenvalue weighted by atomic mass is 16.5. The first-order valence-corrected chi connectivity index (χ1v) is 8.07. The molecule has 1 aromatic carbocycles. The molecule has 6 nitrogen and oxygen atoms in total. The zero-order chi connectivity index (χ0) is 17.1. The Morgan fingerprint density at radius 2 is 2.08 bits per heavy atom. The molecule has 124 valence electrons. The van der Waals surface area contributed by atoms with Crippen LogP contribution in [-0.4, -0.2) is 16.8 Å². The summed E-state index contributed by atoms with van der Waals surface area (Å²) in [5, 5.41) is 16.8. The fourth-order valence-electron chi connectivity index (χ4n) is 3.01. The minimum absolute atomic E-state index is 0.110. The minimum Gasteiger partial charge on any atom is -0.494 e. The van der Waals surface area contributed by atoms with Crippen LogP contribution in [0.25, 0.3) is 0 Å². The van der Waals surface area contributed by atoms with Gasteiger partial charge in [0.05, 0.1) is 12.5 Å². The number of ether oxygens (including phenoxy) is 2. The Labute approximate surface area is 140 Å². The fourth-order valence-corrected chi connectivity index (χ4v) is 3.01. The van der Waals surface area contributed by atoms with E-state index in [9.17, 15) is 5.26 Å². The third kappa shape index (κ3) is 2.69. The van der Waals surface area contributed by atoms with Crippen molar-refractivity contribution in [3.05, 3.63) is 52.5 Å². The van der Waals surface area contributed by atoms with Crippen molar-refractivity contribution >= 4 is 0 Å². The van der Waals surface area contributed by atoms with Gasteiger partial charge in [0.1, 0.15) is 17.4 Å². The van der Waals surface area contributed by atoms with Crippen molar-refractivity contribution in [1.82, 2.24) is 10.2 Å². The van der Waals surface area contributed by atoms with Gasteiger partial charge in [-0.05, 0) is 31.0 Å². The number of fused-ring (bicyclic) bond motifs is 1. The molecule has 0 bridgehead atoms. The lowest BCUT2D eigenvalue weighted by Gasteiger charge is -2.24. The Morgan fingerprint density at radius 1 is 1.33 bits per heavy atom. The van der Waals surface area contributed by atoms with Gasteiger partial charge in [-0.25, -0.2) is 0 Å². The number of nitrogens with zero attached hydrogens (tertiary/aromatic N) is 2. The summed E-state index contributed by atoms with van der Waals surface area (Å²) >= 11 is 0. The summed E-state index contributed by atoms with van der Waals surface area (Å²) in [5.74, 6) is 1.08. The van der Waals surface area contributed by atoms with E-state index in [1.165, 1.54) is 0 Å². The van der Waals surface area contributed by atoms with Gasteiger partial charge in [0.25, 0.3) is 0 Å². The number of aryl methyl sites for hydroxylation is 1. The van der Waals surface area contributed by atoms with Crippen LogP contribution in [0.4, 0.5) is 0 Å². The van der Waals surface area contributed by atoms with Gasteiger partial charge in [-0.2, -0.15) is 5.26 Å². The maximum atomic E-state index is 9.59. The molecule has 0 spiro atoms. The second kappa shape index (κ2) is 6.67. The van der Waals surface area contributed by atoms with E-state index >= 15 is 0 Å². The number of allylic oxidation sites excluding steroid dienone is 1. The van der Waals surface area contributed by atoms with Gasteiger partial charge in [0, 0.05) is 11.3 Å². The molecule has 0 aliphatic carbocycles. The predicted molar refractivity (Wildman–Crippen MR) is 89.5 cm³/mol. The normalized spacial score (nSPS) is 16.3. The van der Waals surface area contributed by atoms with Crippen LogP contribution >= 0.6 is 0 Å². The van der Waals surface area contributed by atoms with Crippen LogP contribution in [0.1, 0.15) is 43.0 Å². The van der Waals surface area contributed by atoms with E-state index in [1.54, 1.807) is 0 Å². The molecule has 2 aromatic rings. The van der Waals surface area contributed by atoms with Crippen LogP contribution in [-0.2, 0) is 6.42 Å².